The smallest absolute Gasteiger partial charge is 0.214 e. The van der Waals surface area contributed by atoms with Gasteiger partial charge in [0.05, 0.1) is 18.0 Å². The van der Waals surface area contributed by atoms with E-state index in [0.717, 1.165) is 0 Å². The third kappa shape index (κ3) is 4.04. The number of aliphatic hydroxyl groups excluding tert-OH is 2. The van der Waals surface area contributed by atoms with Gasteiger partial charge in [0.15, 0.2) is 0 Å². The quantitative estimate of drug-likeness (QED) is 0.539. The molecule has 0 bridgehead atoms. The van der Waals surface area contributed by atoms with Crippen molar-refractivity contribution in [3.63, 3.8) is 0 Å². The minimum Gasteiger partial charge on any atom is -0.394 e. The van der Waals surface area contributed by atoms with Crippen LogP contribution < -0.4 is 4.72 Å². The maximum atomic E-state index is 11.6. The molecule has 1 aliphatic rings. The van der Waals surface area contributed by atoms with Crippen LogP contribution in [0.5, 0.6) is 0 Å². The topological polar surface area (TPSA) is 95.9 Å². The Balaban J connectivity index is 2.43. The van der Waals surface area contributed by atoms with E-state index in [2.05, 4.69) is 4.72 Å². The van der Waals surface area contributed by atoms with Gasteiger partial charge in [-0.1, -0.05) is 0 Å². The predicted octanol–water partition coefficient (Wildman–Crippen LogP) is -1.56. The summed E-state index contributed by atoms with van der Waals surface area (Å²) in [5.74, 6) is 0. The summed E-state index contributed by atoms with van der Waals surface area (Å²) in [6.07, 6.45) is -0.0885. The van der Waals surface area contributed by atoms with Crippen molar-refractivity contribution >= 4 is 10.0 Å². The molecule has 0 spiro atoms. The SMILES string of the molecule is O=S(=O)(NCC(O)CO)C1CCOCC1. The zero-order valence-electron chi connectivity index (χ0n) is 8.42. The first kappa shape index (κ1) is 12.9. The van der Waals surface area contributed by atoms with Crippen LogP contribution >= 0.6 is 0 Å². The van der Waals surface area contributed by atoms with E-state index in [4.69, 9.17) is 14.9 Å². The molecule has 1 saturated heterocycles. The summed E-state index contributed by atoms with van der Waals surface area (Å²) in [4.78, 5) is 0. The van der Waals surface area contributed by atoms with Gasteiger partial charge in [-0.2, -0.15) is 0 Å². The van der Waals surface area contributed by atoms with Crippen molar-refractivity contribution in [2.24, 2.45) is 0 Å². The van der Waals surface area contributed by atoms with E-state index >= 15 is 0 Å². The molecule has 1 aliphatic heterocycles. The Morgan fingerprint density at radius 2 is 2.00 bits per heavy atom. The van der Waals surface area contributed by atoms with Crippen LogP contribution in [0.25, 0.3) is 0 Å². The van der Waals surface area contributed by atoms with E-state index in [9.17, 15) is 8.42 Å². The van der Waals surface area contributed by atoms with Gasteiger partial charge in [0.1, 0.15) is 0 Å². The summed E-state index contributed by atoms with van der Waals surface area (Å²) in [6.45, 7) is 0.314. The summed E-state index contributed by atoms with van der Waals surface area (Å²) in [5, 5.41) is 17.1. The Hall–Kier alpha value is -0.210. The second-order valence-corrected chi connectivity index (χ2v) is 5.59. The zero-order chi connectivity index (χ0) is 11.3. The van der Waals surface area contributed by atoms with Crippen LogP contribution in [0.15, 0.2) is 0 Å². The maximum absolute atomic E-state index is 11.6. The van der Waals surface area contributed by atoms with Crippen molar-refractivity contribution in [3.8, 4) is 0 Å². The molecule has 0 saturated carbocycles. The average molecular weight is 239 g/mol. The van der Waals surface area contributed by atoms with Crippen LogP contribution in [0, 0.1) is 0 Å². The monoisotopic (exact) mass is 239 g/mol. The summed E-state index contributed by atoms with van der Waals surface area (Å²) in [6, 6.07) is 0. The highest BCUT2D eigenvalue weighted by atomic mass is 32.2. The average Bonchev–Trinajstić information content (AvgIpc) is 2.27. The van der Waals surface area contributed by atoms with Gasteiger partial charge >= 0.3 is 0 Å². The van der Waals surface area contributed by atoms with Crippen molar-refractivity contribution in [1.82, 2.24) is 4.72 Å². The van der Waals surface area contributed by atoms with Gasteiger partial charge < -0.3 is 14.9 Å². The highest BCUT2D eigenvalue weighted by Gasteiger charge is 2.27. The Labute approximate surface area is 89.3 Å². The van der Waals surface area contributed by atoms with E-state index in [0.29, 0.717) is 26.1 Å². The third-order valence-corrected chi connectivity index (χ3v) is 4.26. The summed E-state index contributed by atoms with van der Waals surface area (Å²) in [5.41, 5.74) is 0. The van der Waals surface area contributed by atoms with Gasteiger partial charge in [-0.3, -0.25) is 0 Å². The molecule has 1 fully saturated rings. The number of hydrogen-bond acceptors (Lipinski definition) is 5. The van der Waals surface area contributed by atoms with Crippen molar-refractivity contribution in [2.45, 2.75) is 24.2 Å². The predicted molar refractivity (Wildman–Crippen MR) is 53.9 cm³/mol. The molecule has 0 aromatic heterocycles. The molecule has 1 atom stereocenters. The molecule has 1 heterocycles. The van der Waals surface area contributed by atoms with Crippen LogP contribution in [0.3, 0.4) is 0 Å². The normalized spacial score (nSPS) is 21.5. The Morgan fingerprint density at radius 1 is 1.40 bits per heavy atom. The molecule has 1 rings (SSSR count). The molecular formula is C8H17NO5S. The molecule has 0 aliphatic carbocycles. The molecule has 3 N–H and O–H groups in total. The molecule has 0 amide bonds. The minimum atomic E-state index is -3.39. The Kier molecular flexibility index (Phi) is 4.94. The van der Waals surface area contributed by atoms with Crippen LogP contribution in [0.1, 0.15) is 12.8 Å². The molecule has 7 heteroatoms. The number of hydrogen-bond donors (Lipinski definition) is 3. The van der Waals surface area contributed by atoms with Gasteiger partial charge in [0, 0.05) is 19.8 Å². The lowest BCUT2D eigenvalue weighted by Gasteiger charge is -2.22. The first-order chi connectivity index (χ1) is 7.06. The third-order valence-electron chi connectivity index (χ3n) is 2.34. The molecular weight excluding hydrogens is 222 g/mol. The van der Waals surface area contributed by atoms with E-state index < -0.39 is 28.0 Å². The van der Waals surface area contributed by atoms with Crippen LogP contribution in [0.4, 0.5) is 0 Å². The lowest BCUT2D eigenvalue weighted by molar-refractivity contribution is 0.0948. The van der Waals surface area contributed by atoms with E-state index in [-0.39, 0.29) is 6.54 Å². The van der Waals surface area contributed by atoms with E-state index in [1.165, 1.54) is 0 Å². The first-order valence-electron chi connectivity index (χ1n) is 4.91. The summed E-state index contributed by atoms with van der Waals surface area (Å²) in [7, 11) is -3.39. The fourth-order valence-electron chi connectivity index (χ4n) is 1.38. The van der Waals surface area contributed by atoms with Crippen LogP contribution in [-0.2, 0) is 14.8 Å². The molecule has 0 radical (unpaired) electrons. The van der Waals surface area contributed by atoms with Crippen LogP contribution in [-0.4, -0.2) is 56.4 Å². The van der Waals surface area contributed by atoms with Gasteiger partial charge in [0.25, 0.3) is 0 Å². The largest absolute Gasteiger partial charge is 0.394 e. The Bertz CT molecular complexity index is 273. The van der Waals surface area contributed by atoms with Gasteiger partial charge in [0.2, 0.25) is 10.0 Å². The molecule has 15 heavy (non-hydrogen) atoms. The standard InChI is InChI=1S/C8H17NO5S/c10-6-7(11)5-9-15(12,13)8-1-3-14-4-2-8/h7-11H,1-6H2. The molecule has 90 valence electrons. The molecule has 0 aromatic carbocycles. The summed E-state index contributed by atoms with van der Waals surface area (Å²) >= 11 is 0. The van der Waals surface area contributed by atoms with Crippen molar-refractivity contribution in [3.05, 3.63) is 0 Å². The fourth-order valence-corrected chi connectivity index (χ4v) is 2.85. The number of rotatable bonds is 5. The highest BCUT2D eigenvalue weighted by Crippen LogP contribution is 2.14. The summed E-state index contributed by atoms with van der Waals surface area (Å²) < 4.78 is 30.6. The van der Waals surface area contributed by atoms with Gasteiger partial charge in [-0.15, -0.1) is 0 Å². The lowest BCUT2D eigenvalue weighted by Crippen LogP contribution is -2.41. The van der Waals surface area contributed by atoms with E-state index in [1.54, 1.807) is 0 Å². The van der Waals surface area contributed by atoms with Crippen molar-refractivity contribution in [1.29, 1.82) is 0 Å². The second-order valence-electron chi connectivity index (χ2n) is 3.54. The second kappa shape index (κ2) is 5.76. The zero-order valence-corrected chi connectivity index (χ0v) is 9.24. The number of nitrogens with one attached hydrogen (secondary N) is 1. The molecule has 0 aromatic rings. The van der Waals surface area contributed by atoms with E-state index in [1.807, 2.05) is 0 Å². The first-order valence-corrected chi connectivity index (χ1v) is 6.46. The number of sulfonamides is 1. The van der Waals surface area contributed by atoms with Gasteiger partial charge in [-0.05, 0) is 12.8 Å². The minimum absolute atomic E-state index is 0.143. The fraction of sp³-hybridized carbons (Fsp3) is 1.00. The molecule has 1 unspecified atom stereocenters. The lowest BCUT2D eigenvalue weighted by atomic mass is 10.2. The highest BCUT2D eigenvalue weighted by molar-refractivity contribution is 7.90. The van der Waals surface area contributed by atoms with Crippen LogP contribution in [0.2, 0.25) is 0 Å². The van der Waals surface area contributed by atoms with Crippen molar-refractivity contribution < 1.29 is 23.4 Å². The number of ether oxygens (including phenoxy) is 1. The van der Waals surface area contributed by atoms with Gasteiger partial charge in [-0.25, -0.2) is 13.1 Å². The molecule has 6 nitrogen and oxygen atoms in total. The van der Waals surface area contributed by atoms with Crippen molar-refractivity contribution in [2.75, 3.05) is 26.4 Å². The number of aliphatic hydroxyl groups is 2. The maximum Gasteiger partial charge on any atom is 0.214 e. The Morgan fingerprint density at radius 3 is 2.53 bits per heavy atom.